The first kappa shape index (κ1) is 24.8. The van der Waals surface area contributed by atoms with Gasteiger partial charge in [-0.3, -0.25) is 15.2 Å². The van der Waals surface area contributed by atoms with Gasteiger partial charge in [0.05, 0.1) is 22.8 Å². The van der Waals surface area contributed by atoms with Gasteiger partial charge in [0.15, 0.2) is 5.82 Å². The molecule has 1 aliphatic rings. The standard InChI is InChI=1S/C26H25ClN6O3S/c1-36-22-8-7-18(13-19(22)27)28-24(34)21-15-37-25(29-21)17-9-11-33(12-10-17)26(35)30-23-14-20(31-32-23)16-5-3-2-4-6-16/h2-8,13-15,17H,9-12H2,1H3,(H,28,34)(H2,30,31,32,35). The number of H-pyrrole nitrogens is 1. The smallest absolute Gasteiger partial charge is 0.323 e. The summed E-state index contributed by atoms with van der Waals surface area (Å²) in [5.74, 6) is 0.923. The molecule has 0 atom stereocenters. The van der Waals surface area contributed by atoms with E-state index in [2.05, 4.69) is 25.8 Å². The van der Waals surface area contributed by atoms with Crippen molar-refractivity contribution < 1.29 is 14.3 Å². The predicted octanol–water partition coefficient (Wildman–Crippen LogP) is 5.86. The first-order valence-electron chi connectivity index (χ1n) is 11.8. The van der Waals surface area contributed by atoms with Crippen molar-refractivity contribution >= 4 is 46.4 Å². The highest BCUT2D eigenvalue weighted by molar-refractivity contribution is 7.10. The van der Waals surface area contributed by atoms with Gasteiger partial charge >= 0.3 is 6.03 Å². The molecular weight excluding hydrogens is 512 g/mol. The molecule has 1 fully saturated rings. The number of piperidine rings is 1. The van der Waals surface area contributed by atoms with Crippen LogP contribution in [0.1, 0.15) is 34.3 Å². The Hall–Kier alpha value is -3.89. The number of anilines is 2. The van der Waals surface area contributed by atoms with Gasteiger partial charge < -0.3 is 15.0 Å². The summed E-state index contributed by atoms with van der Waals surface area (Å²) in [4.78, 5) is 31.8. The lowest BCUT2D eigenvalue weighted by Crippen LogP contribution is -2.40. The molecule has 0 radical (unpaired) electrons. The van der Waals surface area contributed by atoms with E-state index in [0.717, 1.165) is 29.1 Å². The Bertz CT molecular complexity index is 1400. The van der Waals surface area contributed by atoms with Gasteiger partial charge in [0.1, 0.15) is 11.4 Å². The second-order valence-electron chi connectivity index (χ2n) is 8.60. The number of nitrogens with zero attached hydrogens (tertiary/aromatic N) is 3. The second kappa shape index (κ2) is 11.0. The maximum absolute atomic E-state index is 12.8. The van der Waals surface area contributed by atoms with Crippen LogP contribution in [-0.4, -0.2) is 52.2 Å². The fourth-order valence-electron chi connectivity index (χ4n) is 4.19. The number of nitrogens with one attached hydrogen (secondary N) is 3. The van der Waals surface area contributed by atoms with E-state index in [-0.39, 0.29) is 17.9 Å². The lowest BCUT2D eigenvalue weighted by molar-refractivity contribution is 0.102. The van der Waals surface area contributed by atoms with E-state index in [1.165, 1.54) is 18.4 Å². The van der Waals surface area contributed by atoms with Crippen molar-refractivity contribution in [3.63, 3.8) is 0 Å². The van der Waals surface area contributed by atoms with Crippen molar-refractivity contribution in [2.24, 2.45) is 0 Å². The highest BCUT2D eigenvalue weighted by Crippen LogP contribution is 2.31. The minimum atomic E-state index is -0.297. The van der Waals surface area contributed by atoms with Crippen molar-refractivity contribution in [1.29, 1.82) is 0 Å². The number of hydrogen-bond donors (Lipinski definition) is 3. The molecule has 1 aliphatic heterocycles. The molecule has 11 heteroatoms. The first-order chi connectivity index (χ1) is 18.0. The van der Waals surface area contributed by atoms with Gasteiger partial charge in [0.25, 0.3) is 5.91 Å². The molecule has 9 nitrogen and oxygen atoms in total. The van der Waals surface area contributed by atoms with E-state index in [0.29, 0.717) is 41.1 Å². The second-order valence-corrected chi connectivity index (χ2v) is 9.90. The number of urea groups is 1. The highest BCUT2D eigenvalue weighted by atomic mass is 35.5. The van der Waals surface area contributed by atoms with Gasteiger partial charge in [-0.1, -0.05) is 41.9 Å². The fraction of sp³-hybridized carbons (Fsp3) is 0.231. The summed E-state index contributed by atoms with van der Waals surface area (Å²) in [5.41, 5.74) is 2.77. The monoisotopic (exact) mass is 536 g/mol. The number of hydrogen-bond acceptors (Lipinski definition) is 6. The van der Waals surface area contributed by atoms with Crippen LogP contribution in [0.4, 0.5) is 16.3 Å². The van der Waals surface area contributed by atoms with Crippen molar-refractivity contribution in [2.75, 3.05) is 30.8 Å². The van der Waals surface area contributed by atoms with Crippen LogP contribution in [-0.2, 0) is 0 Å². The van der Waals surface area contributed by atoms with Gasteiger partial charge in [0, 0.05) is 36.1 Å². The third kappa shape index (κ3) is 5.76. The largest absolute Gasteiger partial charge is 0.495 e. The molecule has 2 aromatic heterocycles. The van der Waals surface area contributed by atoms with Crippen LogP contribution in [0.3, 0.4) is 0 Å². The number of rotatable bonds is 6. The number of methoxy groups -OCH3 is 1. The number of carbonyl (C=O) groups excluding carboxylic acids is 2. The van der Waals surface area contributed by atoms with Crippen molar-refractivity contribution in [2.45, 2.75) is 18.8 Å². The fourth-order valence-corrected chi connectivity index (χ4v) is 5.42. The molecule has 3 amide bonds. The maximum atomic E-state index is 12.8. The van der Waals surface area contributed by atoms with Crippen molar-refractivity contribution in [1.82, 2.24) is 20.1 Å². The molecule has 3 N–H and O–H groups in total. The number of likely N-dealkylation sites (tertiary alicyclic amines) is 1. The van der Waals surface area contributed by atoms with E-state index in [1.54, 1.807) is 28.5 Å². The van der Waals surface area contributed by atoms with Gasteiger partial charge in [0.2, 0.25) is 0 Å². The van der Waals surface area contributed by atoms with E-state index >= 15 is 0 Å². The Morgan fingerprint density at radius 2 is 1.89 bits per heavy atom. The van der Waals surface area contributed by atoms with E-state index in [9.17, 15) is 9.59 Å². The topological polar surface area (TPSA) is 112 Å². The van der Waals surface area contributed by atoms with Gasteiger partial charge in [-0.25, -0.2) is 9.78 Å². The van der Waals surface area contributed by atoms with Crippen LogP contribution in [0.15, 0.2) is 60.0 Å². The number of thiazole rings is 1. The summed E-state index contributed by atoms with van der Waals surface area (Å²) in [6.07, 6.45) is 1.54. The number of ether oxygens (including phenoxy) is 1. The van der Waals surface area contributed by atoms with Crippen molar-refractivity contribution in [3.8, 4) is 17.0 Å². The summed E-state index contributed by atoms with van der Waals surface area (Å²) >= 11 is 7.61. The molecule has 2 aromatic carbocycles. The highest BCUT2D eigenvalue weighted by Gasteiger charge is 2.27. The van der Waals surface area contributed by atoms with E-state index in [1.807, 2.05) is 36.4 Å². The van der Waals surface area contributed by atoms with E-state index < -0.39 is 0 Å². The zero-order valence-electron chi connectivity index (χ0n) is 20.0. The lowest BCUT2D eigenvalue weighted by atomic mass is 9.98. The zero-order valence-corrected chi connectivity index (χ0v) is 21.6. The van der Waals surface area contributed by atoms with E-state index in [4.69, 9.17) is 16.3 Å². The molecule has 0 saturated carbocycles. The summed E-state index contributed by atoms with van der Waals surface area (Å²) in [7, 11) is 1.54. The van der Waals surface area contributed by atoms with Crippen LogP contribution in [0.2, 0.25) is 5.02 Å². The molecule has 5 rings (SSSR count). The molecular formula is C26H25ClN6O3S. The van der Waals surface area contributed by atoms with Crippen LogP contribution < -0.4 is 15.4 Å². The molecule has 0 unspecified atom stereocenters. The normalized spacial score (nSPS) is 13.8. The molecule has 0 aliphatic carbocycles. The number of halogens is 1. The number of aromatic amines is 1. The zero-order chi connectivity index (χ0) is 25.8. The van der Waals surface area contributed by atoms with Crippen LogP contribution in [0, 0.1) is 0 Å². The Balaban J connectivity index is 1.13. The summed E-state index contributed by atoms with van der Waals surface area (Å²) in [6.45, 7) is 1.19. The lowest BCUT2D eigenvalue weighted by Gasteiger charge is -2.30. The first-order valence-corrected chi connectivity index (χ1v) is 13.0. The molecule has 4 aromatic rings. The molecule has 3 heterocycles. The average molecular weight is 537 g/mol. The van der Waals surface area contributed by atoms with Crippen LogP contribution in [0.25, 0.3) is 11.3 Å². The molecule has 0 spiro atoms. The van der Waals surface area contributed by atoms with Crippen LogP contribution in [0.5, 0.6) is 5.75 Å². The molecule has 0 bridgehead atoms. The van der Waals surface area contributed by atoms with Gasteiger partial charge in [-0.05, 0) is 36.6 Å². The van der Waals surface area contributed by atoms with Crippen molar-refractivity contribution in [3.05, 3.63) is 75.7 Å². The third-order valence-electron chi connectivity index (χ3n) is 6.19. The number of benzene rings is 2. The minimum absolute atomic E-state index is 0.179. The Morgan fingerprint density at radius 1 is 1.11 bits per heavy atom. The molecule has 190 valence electrons. The Kier molecular flexibility index (Phi) is 7.38. The van der Waals surface area contributed by atoms with Crippen LogP contribution >= 0.6 is 22.9 Å². The number of amides is 3. The summed E-state index contributed by atoms with van der Waals surface area (Å²) < 4.78 is 5.14. The third-order valence-corrected chi connectivity index (χ3v) is 7.50. The molecule has 1 saturated heterocycles. The Labute approximate surface area is 222 Å². The number of carbonyl (C=O) groups is 2. The SMILES string of the molecule is COc1ccc(NC(=O)c2csc(C3CCN(C(=O)Nc4cc(-c5ccccc5)[nH]n4)CC3)n2)cc1Cl. The summed E-state index contributed by atoms with van der Waals surface area (Å²) in [5, 5.41) is 15.9. The number of aromatic nitrogens is 3. The van der Waals surface area contributed by atoms with Gasteiger partial charge in [-0.15, -0.1) is 11.3 Å². The Morgan fingerprint density at radius 3 is 2.62 bits per heavy atom. The average Bonchev–Trinajstić information content (AvgIpc) is 3.60. The van der Waals surface area contributed by atoms with Gasteiger partial charge in [-0.2, -0.15) is 5.10 Å². The molecule has 37 heavy (non-hydrogen) atoms. The maximum Gasteiger partial charge on any atom is 0.323 e. The summed E-state index contributed by atoms with van der Waals surface area (Å²) in [6, 6.07) is 16.5. The quantitative estimate of drug-likeness (QED) is 0.286. The predicted molar refractivity (Wildman–Crippen MR) is 145 cm³/mol. The minimum Gasteiger partial charge on any atom is -0.495 e.